The summed E-state index contributed by atoms with van der Waals surface area (Å²) in [4.78, 5) is 0. The molecule has 0 radical (unpaired) electrons. The Labute approximate surface area is 112 Å². The van der Waals surface area contributed by atoms with E-state index in [4.69, 9.17) is 4.74 Å². The second-order valence-corrected chi connectivity index (χ2v) is 4.79. The number of aryl methyl sites for hydroxylation is 2. The van der Waals surface area contributed by atoms with Crippen LogP contribution in [0.5, 0.6) is 0 Å². The lowest BCUT2D eigenvalue weighted by atomic mass is 9.98. The Morgan fingerprint density at radius 1 is 1.17 bits per heavy atom. The molecule has 0 bridgehead atoms. The van der Waals surface area contributed by atoms with Crippen LogP contribution in [0.1, 0.15) is 49.4 Å². The molecule has 0 fully saturated rings. The maximum absolute atomic E-state index is 5.41. The number of hydrogen-bond acceptors (Lipinski definition) is 2. The minimum absolute atomic E-state index is 0.453. The molecule has 0 aromatic heterocycles. The van der Waals surface area contributed by atoms with Gasteiger partial charge in [-0.1, -0.05) is 25.1 Å². The lowest BCUT2D eigenvalue weighted by molar-refractivity contribution is 0.141. The number of benzene rings is 1. The third kappa shape index (κ3) is 4.79. The minimum Gasteiger partial charge on any atom is -0.382 e. The van der Waals surface area contributed by atoms with Crippen molar-refractivity contribution in [2.45, 2.75) is 46.6 Å². The van der Waals surface area contributed by atoms with Crippen LogP contribution in [0.15, 0.2) is 18.2 Å². The van der Waals surface area contributed by atoms with Gasteiger partial charge in [0.2, 0.25) is 0 Å². The van der Waals surface area contributed by atoms with E-state index in [1.54, 1.807) is 0 Å². The predicted octanol–water partition coefficient (Wildman–Crippen LogP) is 3.77. The zero-order valence-corrected chi connectivity index (χ0v) is 12.3. The highest BCUT2D eigenvalue weighted by Gasteiger charge is 2.10. The Hall–Kier alpha value is -0.860. The maximum atomic E-state index is 5.41. The highest BCUT2D eigenvalue weighted by atomic mass is 16.5. The van der Waals surface area contributed by atoms with Gasteiger partial charge in [0.15, 0.2) is 0 Å². The van der Waals surface area contributed by atoms with E-state index >= 15 is 0 Å². The molecule has 0 heterocycles. The Balaban J connectivity index is 2.61. The van der Waals surface area contributed by atoms with Gasteiger partial charge in [0, 0.05) is 19.3 Å². The number of ether oxygens (including phenoxy) is 1. The minimum atomic E-state index is 0.453. The Kier molecular flexibility index (Phi) is 6.99. The Bertz CT molecular complexity index is 349. The molecular formula is C16H27NO. The van der Waals surface area contributed by atoms with Crippen molar-refractivity contribution < 1.29 is 4.74 Å². The molecule has 102 valence electrons. The number of rotatable bonds is 8. The number of nitrogens with one attached hydrogen (secondary N) is 1. The normalized spacial score (nSPS) is 12.7. The van der Waals surface area contributed by atoms with E-state index in [0.717, 1.165) is 32.6 Å². The van der Waals surface area contributed by atoms with Crippen molar-refractivity contribution in [3.05, 3.63) is 34.9 Å². The van der Waals surface area contributed by atoms with E-state index in [0.29, 0.717) is 6.04 Å². The fraction of sp³-hybridized carbons (Fsp3) is 0.625. The summed E-state index contributed by atoms with van der Waals surface area (Å²) in [6.45, 7) is 11.2. The lowest BCUT2D eigenvalue weighted by Gasteiger charge is -2.19. The molecule has 0 aliphatic rings. The molecule has 18 heavy (non-hydrogen) atoms. The highest BCUT2D eigenvalue weighted by Crippen LogP contribution is 2.21. The van der Waals surface area contributed by atoms with E-state index < -0.39 is 0 Å². The van der Waals surface area contributed by atoms with Crippen molar-refractivity contribution in [1.29, 1.82) is 0 Å². The summed E-state index contributed by atoms with van der Waals surface area (Å²) >= 11 is 0. The van der Waals surface area contributed by atoms with Crippen LogP contribution in [-0.2, 0) is 4.74 Å². The average Bonchev–Trinajstić information content (AvgIpc) is 2.37. The van der Waals surface area contributed by atoms with Crippen LogP contribution in [0.3, 0.4) is 0 Å². The molecule has 1 aromatic rings. The molecule has 1 aromatic carbocycles. The maximum Gasteiger partial charge on any atom is 0.0466 e. The van der Waals surface area contributed by atoms with Gasteiger partial charge in [0.05, 0.1) is 0 Å². The fourth-order valence-electron chi connectivity index (χ4n) is 2.15. The SMILES string of the molecule is CCNC(CCCOCC)c1ccc(C)c(C)c1. The second kappa shape index (κ2) is 8.28. The molecule has 2 nitrogen and oxygen atoms in total. The summed E-state index contributed by atoms with van der Waals surface area (Å²) in [5.74, 6) is 0. The van der Waals surface area contributed by atoms with E-state index in [1.165, 1.54) is 16.7 Å². The molecule has 1 rings (SSSR count). The van der Waals surface area contributed by atoms with Crippen LogP contribution >= 0.6 is 0 Å². The van der Waals surface area contributed by atoms with Crippen LogP contribution in [0, 0.1) is 13.8 Å². The van der Waals surface area contributed by atoms with Crippen molar-refractivity contribution in [1.82, 2.24) is 5.32 Å². The molecule has 1 N–H and O–H groups in total. The van der Waals surface area contributed by atoms with Crippen molar-refractivity contribution in [3.8, 4) is 0 Å². The average molecular weight is 249 g/mol. The van der Waals surface area contributed by atoms with Crippen LogP contribution in [0.4, 0.5) is 0 Å². The first-order valence-electron chi connectivity index (χ1n) is 7.07. The molecule has 0 amide bonds. The van der Waals surface area contributed by atoms with Gasteiger partial charge in [-0.2, -0.15) is 0 Å². The first-order chi connectivity index (χ1) is 8.69. The van der Waals surface area contributed by atoms with E-state index in [9.17, 15) is 0 Å². The summed E-state index contributed by atoms with van der Waals surface area (Å²) in [7, 11) is 0. The molecule has 0 aliphatic heterocycles. The van der Waals surface area contributed by atoms with Crippen LogP contribution in [0.2, 0.25) is 0 Å². The first-order valence-corrected chi connectivity index (χ1v) is 7.07. The molecule has 2 heteroatoms. The van der Waals surface area contributed by atoms with Crippen LogP contribution in [-0.4, -0.2) is 19.8 Å². The van der Waals surface area contributed by atoms with Crippen molar-refractivity contribution in [2.75, 3.05) is 19.8 Å². The van der Waals surface area contributed by atoms with Crippen LogP contribution in [0.25, 0.3) is 0 Å². The Morgan fingerprint density at radius 2 is 1.94 bits per heavy atom. The first kappa shape index (κ1) is 15.2. The number of hydrogen-bond donors (Lipinski definition) is 1. The lowest BCUT2D eigenvalue weighted by Crippen LogP contribution is -2.21. The quantitative estimate of drug-likeness (QED) is 0.708. The van der Waals surface area contributed by atoms with E-state index in [-0.39, 0.29) is 0 Å². The second-order valence-electron chi connectivity index (χ2n) is 4.79. The summed E-state index contributed by atoms with van der Waals surface area (Å²) < 4.78 is 5.41. The molecule has 0 spiro atoms. The topological polar surface area (TPSA) is 21.3 Å². The van der Waals surface area contributed by atoms with Crippen molar-refractivity contribution in [2.24, 2.45) is 0 Å². The standard InChI is InChI=1S/C16H27NO/c1-5-17-16(8-7-11-18-6-2)15-10-9-13(3)14(4)12-15/h9-10,12,16-17H,5-8,11H2,1-4H3. The van der Waals surface area contributed by atoms with Crippen molar-refractivity contribution >= 4 is 0 Å². The van der Waals surface area contributed by atoms with Gasteiger partial charge in [0.25, 0.3) is 0 Å². The molecule has 1 atom stereocenters. The summed E-state index contributed by atoms with van der Waals surface area (Å²) in [6.07, 6.45) is 2.24. The van der Waals surface area contributed by atoms with Gasteiger partial charge < -0.3 is 10.1 Å². The van der Waals surface area contributed by atoms with Gasteiger partial charge in [-0.3, -0.25) is 0 Å². The van der Waals surface area contributed by atoms with E-state index in [2.05, 4.69) is 44.3 Å². The third-order valence-corrected chi connectivity index (χ3v) is 3.37. The van der Waals surface area contributed by atoms with Gasteiger partial charge in [0.1, 0.15) is 0 Å². The Morgan fingerprint density at radius 3 is 2.56 bits per heavy atom. The monoisotopic (exact) mass is 249 g/mol. The smallest absolute Gasteiger partial charge is 0.0466 e. The summed E-state index contributed by atoms with van der Waals surface area (Å²) in [5.41, 5.74) is 4.14. The van der Waals surface area contributed by atoms with Gasteiger partial charge in [-0.15, -0.1) is 0 Å². The molecule has 1 unspecified atom stereocenters. The van der Waals surface area contributed by atoms with E-state index in [1.807, 2.05) is 6.92 Å². The summed E-state index contributed by atoms with van der Waals surface area (Å²) in [6, 6.07) is 7.23. The zero-order valence-electron chi connectivity index (χ0n) is 12.3. The van der Waals surface area contributed by atoms with Gasteiger partial charge in [-0.05, 0) is 56.8 Å². The molecule has 0 saturated heterocycles. The predicted molar refractivity (Wildman–Crippen MR) is 78.1 cm³/mol. The third-order valence-electron chi connectivity index (χ3n) is 3.37. The van der Waals surface area contributed by atoms with Gasteiger partial charge in [-0.25, -0.2) is 0 Å². The molecule has 0 aliphatic carbocycles. The zero-order chi connectivity index (χ0) is 13.4. The van der Waals surface area contributed by atoms with Crippen molar-refractivity contribution in [3.63, 3.8) is 0 Å². The fourth-order valence-corrected chi connectivity index (χ4v) is 2.15. The molecular weight excluding hydrogens is 222 g/mol. The van der Waals surface area contributed by atoms with Crippen LogP contribution < -0.4 is 5.32 Å². The van der Waals surface area contributed by atoms with Gasteiger partial charge >= 0.3 is 0 Å². The highest BCUT2D eigenvalue weighted by molar-refractivity contribution is 5.31. The molecule has 0 saturated carbocycles. The largest absolute Gasteiger partial charge is 0.382 e. The summed E-state index contributed by atoms with van der Waals surface area (Å²) in [5, 5.41) is 3.57.